The van der Waals surface area contributed by atoms with Crippen molar-refractivity contribution in [3.63, 3.8) is 0 Å². The fourth-order valence-electron chi connectivity index (χ4n) is 2.07. The second kappa shape index (κ2) is 8.97. The number of rotatable bonds is 6. The minimum Gasteiger partial charge on any atom is -0.449 e. The third-order valence-electron chi connectivity index (χ3n) is 3.48. The van der Waals surface area contributed by atoms with Crippen LogP contribution in [0, 0.1) is 0 Å². The van der Waals surface area contributed by atoms with Crippen molar-refractivity contribution >= 4 is 41.0 Å². The van der Waals surface area contributed by atoms with Gasteiger partial charge in [0.2, 0.25) is 0 Å². The van der Waals surface area contributed by atoms with E-state index in [1.807, 2.05) is 0 Å². The molecule has 134 valence electrons. The van der Waals surface area contributed by atoms with E-state index in [9.17, 15) is 14.4 Å². The number of carbonyl (C=O) groups excluding carboxylic acids is 3. The molecule has 26 heavy (non-hydrogen) atoms. The smallest absolute Gasteiger partial charge is 0.331 e. The first kappa shape index (κ1) is 19.4. The van der Waals surface area contributed by atoms with Crippen LogP contribution in [0.3, 0.4) is 0 Å². The standard InChI is InChI=1S/C20H18ClNO4/c1-13(23)16-4-3-5-18(12-16)22-20(25)14(2)26-19(24)11-8-15-6-9-17(21)10-7-15/h3-12,14H,1-2H3,(H,22,25)/b11-8+/t14-/m0/s1. The molecule has 1 N–H and O–H groups in total. The topological polar surface area (TPSA) is 72.5 Å². The maximum Gasteiger partial charge on any atom is 0.331 e. The number of ether oxygens (including phenoxy) is 1. The second-order valence-corrected chi connectivity index (χ2v) is 6.03. The van der Waals surface area contributed by atoms with Crippen LogP contribution in [0.2, 0.25) is 5.02 Å². The van der Waals surface area contributed by atoms with E-state index in [2.05, 4.69) is 5.32 Å². The number of halogens is 1. The van der Waals surface area contributed by atoms with E-state index in [0.717, 1.165) is 5.56 Å². The first-order chi connectivity index (χ1) is 12.3. The lowest BCUT2D eigenvalue weighted by Gasteiger charge is -2.12. The van der Waals surface area contributed by atoms with E-state index < -0.39 is 18.0 Å². The average molecular weight is 372 g/mol. The Kier molecular flexibility index (Phi) is 6.69. The molecule has 0 spiro atoms. The zero-order valence-corrected chi connectivity index (χ0v) is 15.1. The van der Waals surface area contributed by atoms with Crippen LogP contribution in [0.5, 0.6) is 0 Å². The van der Waals surface area contributed by atoms with Crippen molar-refractivity contribution in [1.82, 2.24) is 0 Å². The average Bonchev–Trinajstić information content (AvgIpc) is 2.61. The molecule has 1 amide bonds. The number of Topliss-reactive ketones (excluding diaryl/α,β-unsaturated/α-hetero) is 1. The number of hydrogen-bond donors (Lipinski definition) is 1. The van der Waals surface area contributed by atoms with Crippen LogP contribution in [0.25, 0.3) is 6.08 Å². The van der Waals surface area contributed by atoms with Crippen LogP contribution in [-0.2, 0) is 14.3 Å². The summed E-state index contributed by atoms with van der Waals surface area (Å²) in [6, 6.07) is 13.5. The van der Waals surface area contributed by atoms with Gasteiger partial charge in [0.1, 0.15) is 0 Å². The van der Waals surface area contributed by atoms with Gasteiger partial charge in [0, 0.05) is 22.3 Å². The zero-order valence-electron chi connectivity index (χ0n) is 14.4. The van der Waals surface area contributed by atoms with Gasteiger partial charge in [-0.3, -0.25) is 9.59 Å². The molecule has 0 bridgehead atoms. The Labute approximate surface area is 156 Å². The van der Waals surface area contributed by atoms with Gasteiger partial charge in [-0.15, -0.1) is 0 Å². The number of ketones is 1. The van der Waals surface area contributed by atoms with Crippen LogP contribution >= 0.6 is 11.6 Å². The van der Waals surface area contributed by atoms with Gasteiger partial charge < -0.3 is 10.1 Å². The molecule has 0 aliphatic carbocycles. The van der Waals surface area contributed by atoms with Gasteiger partial charge in [-0.2, -0.15) is 0 Å². The molecule has 2 rings (SSSR count). The molecule has 0 aliphatic heterocycles. The third kappa shape index (κ3) is 5.86. The van der Waals surface area contributed by atoms with E-state index in [4.69, 9.17) is 16.3 Å². The first-order valence-corrected chi connectivity index (χ1v) is 8.29. The van der Waals surface area contributed by atoms with Crippen LogP contribution in [-0.4, -0.2) is 23.8 Å². The number of nitrogens with one attached hydrogen (secondary N) is 1. The van der Waals surface area contributed by atoms with Crippen molar-refractivity contribution in [2.45, 2.75) is 20.0 Å². The molecule has 0 heterocycles. The van der Waals surface area contributed by atoms with Gasteiger partial charge >= 0.3 is 5.97 Å². The zero-order chi connectivity index (χ0) is 19.1. The molecular formula is C20H18ClNO4. The summed E-state index contributed by atoms with van der Waals surface area (Å²) in [6.07, 6.45) is 1.82. The Hall–Kier alpha value is -2.92. The van der Waals surface area contributed by atoms with Crippen molar-refractivity contribution in [3.05, 3.63) is 70.8 Å². The Morgan fingerprint density at radius 2 is 1.81 bits per heavy atom. The Morgan fingerprint density at radius 3 is 2.46 bits per heavy atom. The van der Waals surface area contributed by atoms with Crippen molar-refractivity contribution in [1.29, 1.82) is 0 Å². The molecule has 2 aromatic carbocycles. The predicted octanol–water partition coefficient (Wildman–Crippen LogP) is 4.13. The van der Waals surface area contributed by atoms with Gasteiger partial charge in [-0.25, -0.2) is 4.79 Å². The van der Waals surface area contributed by atoms with Gasteiger partial charge in [-0.1, -0.05) is 35.9 Å². The molecule has 0 saturated heterocycles. The predicted molar refractivity (Wildman–Crippen MR) is 101 cm³/mol. The Morgan fingerprint density at radius 1 is 1.12 bits per heavy atom. The van der Waals surface area contributed by atoms with E-state index in [1.54, 1.807) is 54.6 Å². The van der Waals surface area contributed by atoms with E-state index in [1.165, 1.54) is 19.9 Å². The molecule has 0 fully saturated rings. The van der Waals surface area contributed by atoms with Crippen LogP contribution < -0.4 is 5.32 Å². The van der Waals surface area contributed by atoms with Crippen molar-refractivity contribution in [3.8, 4) is 0 Å². The Bertz CT molecular complexity index is 843. The summed E-state index contributed by atoms with van der Waals surface area (Å²) in [5.41, 5.74) is 1.73. The molecular weight excluding hydrogens is 354 g/mol. The van der Waals surface area contributed by atoms with Gasteiger partial charge in [0.15, 0.2) is 11.9 Å². The number of esters is 1. The number of carbonyl (C=O) groups is 3. The Balaban J connectivity index is 1.91. The molecule has 5 nitrogen and oxygen atoms in total. The van der Waals surface area contributed by atoms with E-state index in [-0.39, 0.29) is 5.78 Å². The van der Waals surface area contributed by atoms with Crippen molar-refractivity contribution in [2.75, 3.05) is 5.32 Å². The summed E-state index contributed by atoms with van der Waals surface area (Å²) in [6.45, 7) is 2.91. The minimum atomic E-state index is -0.988. The highest BCUT2D eigenvalue weighted by atomic mass is 35.5. The molecule has 2 aromatic rings. The third-order valence-corrected chi connectivity index (χ3v) is 3.73. The van der Waals surface area contributed by atoms with Crippen molar-refractivity contribution < 1.29 is 19.1 Å². The summed E-state index contributed by atoms with van der Waals surface area (Å²) in [5.74, 6) is -1.23. The minimum absolute atomic E-state index is 0.104. The van der Waals surface area contributed by atoms with Crippen LogP contribution in [0.15, 0.2) is 54.6 Å². The SMILES string of the molecule is CC(=O)c1cccc(NC(=O)[C@H](C)OC(=O)/C=C/c2ccc(Cl)cc2)c1. The van der Waals surface area contributed by atoms with E-state index in [0.29, 0.717) is 16.3 Å². The largest absolute Gasteiger partial charge is 0.449 e. The van der Waals surface area contributed by atoms with Crippen LogP contribution in [0.1, 0.15) is 29.8 Å². The highest BCUT2D eigenvalue weighted by Crippen LogP contribution is 2.13. The summed E-state index contributed by atoms with van der Waals surface area (Å²) in [5, 5.41) is 3.22. The molecule has 1 atom stereocenters. The number of benzene rings is 2. The van der Waals surface area contributed by atoms with Gasteiger partial charge in [0.25, 0.3) is 5.91 Å². The molecule has 0 aromatic heterocycles. The van der Waals surface area contributed by atoms with E-state index >= 15 is 0 Å². The van der Waals surface area contributed by atoms with Crippen molar-refractivity contribution in [2.24, 2.45) is 0 Å². The summed E-state index contributed by atoms with van der Waals surface area (Å²) >= 11 is 5.79. The number of hydrogen-bond acceptors (Lipinski definition) is 4. The normalized spacial score (nSPS) is 11.8. The highest BCUT2D eigenvalue weighted by molar-refractivity contribution is 6.30. The van der Waals surface area contributed by atoms with Crippen LogP contribution in [0.4, 0.5) is 5.69 Å². The first-order valence-electron chi connectivity index (χ1n) is 7.91. The number of anilines is 1. The summed E-state index contributed by atoms with van der Waals surface area (Å²) in [4.78, 5) is 35.3. The quantitative estimate of drug-likeness (QED) is 0.471. The molecule has 0 unspecified atom stereocenters. The maximum atomic E-state index is 12.1. The summed E-state index contributed by atoms with van der Waals surface area (Å²) < 4.78 is 5.08. The number of amides is 1. The maximum absolute atomic E-state index is 12.1. The monoisotopic (exact) mass is 371 g/mol. The molecule has 0 radical (unpaired) electrons. The lowest BCUT2D eigenvalue weighted by Crippen LogP contribution is -2.29. The fraction of sp³-hybridized carbons (Fsp3) is 0.150. The highest BCUT2D eigenvalue weighted by Gasteiger charge is 2.17. The summed E-state index contributed by atoms with van der Waals surface area (Å²) in [7, 11) is 0. The van der Waals surface area contributed by atoms with Gasteiger partial charge in [-0.05, 0) is 49.8 Å². The fourth-order valence-corrected chi connectivity index (χ4v) is 2.19. The van der Waals surface area contributed by atoms with Gasteiger partial charge in [0.05, 0.1) is 0 Å². The molecule has 0 saturated carbocycles. The molecule has 6 heteroatoms. The molecule has 0 aliphatic rings. The second-order valence-electron chi connectivity index (χ2n) is 5.59. The lowest BCUT2D eigenvalue weighted by molar-refractivity contribution is -0.148. The lowest BCUT2D eigenvalue weighted by atomic mass is 10.1.